The molecule has 3 N–H and O–H groups in total. The van der Waals surface area contributed by atoms with Gasteiger partial charge >= 0.3 is 6.09 Å². The molecule has 0 spiro atoms. The number of rotatable bonds is 8. The average Bonchev–Trinajstić information content (AvgIpc) is 4.20. The summed E-state index contributed by atoms with van der Waals surface area (Å²) in [4.78, 5) is 40.3. The summed E-state index contributed by atoms with van der Waals surface area (Å²) in [6.45, 7) is 0.250. The molecule has 0 saturated heterocycles. The van der Waals surface area contributed by atoms with Crippen LogP contribution in [0, 0.1) is 23.5 Å². The third-order valence-corrected chi connectivity index (χ3v) is 13.8. The highest BCUT2D eigenvalue weighted by Crippen LogP contribution is 2.50. The Kier molecular flexibility index (Phi) is 10.7. The van der Waals surface area contributed by atoms with Gasteiger partial charge < -0.3 is 20.7 Å². The summed E-state index contributed by atoms with van der Waals surface area (Å²) >= 11 is 0. The van der Waals surface area contributed by atoms with Gasteiger partial charge in [-0.15, -0.1) is 0 Å². The maximum absolute atomic E-state index is 13.2. The number of benzene rings is 5. The van der Waals surface area contributed by atoms with Gasteiger partial charge in [0, 0.05) is 28.9 Å². The summed E-state index contributed by atoms with van der Waals surface area (Å²) in [5, 5.41) is 9.99. The van der Waals surface area contributed by atoms with Gasteiger partial charge in [-0.25, -0.2) is 13.6 Å². The Morgan fingerprint density at radius 3 is 1.75 bits per heavy atom. The lowest BCUT2D eigenvalue weighted by atomic mass is 9.71. The minimum Gasteiger partial charge on any atom is -0.444 e. The van der Waals surface area contributed by atoms with Crippen LogP contribution in [0.1, 0.15) is 107 Å². The number of carbonyl (C=O) groups excluding carboxylic acids is 3. The Hall–Kier alpha value is -6.03. The first-order chi connectivity index (χ1) is 29.1. The van der Waals surface area contributed by atoms with E-state index in [4.69, 9.17) is 4.74 Å². The predicted octanol–water partition coefficient (Wildman–Crippen LogP) is 10.4. The van der Waals surface area contributed by atoms with E-state index >= 15 is 0 Å². The Morgan fingerprint density at radius 2 is 1.21 bits per heavy atom. The monoisotopic (exact) mass is 822 g/mol. The molecule has 6 aliphatic rings. The van der Waals surface area contributed by atoms with Crippen LogP contribution in [0.3, 0.4) is 0 Å². The molecule has 4 aliphatic carbocycles. The zero-order chi connectivity index (χ0) is 41.0. The third-order valence-electron chi connectivity index (χ3n) is 13.8. The quantitative estimate of drug-likeness (QED) is 0.145. The second kappa shape index (κ2) is 16.1. The fourth-order valence-corrected chi connectivity index (χ4v) is 9.58. The van der Waals surface area contributed by atoms with E-state index in [9.17, 15) is 23.2 Å². The summed E-state index contributed by atoms with van der Waals surface area (Å²) in [6, 6.07) is 34.7. The van der Waals surface area contributed by atoms with E-state index in [0.717, 1.165) is 79.7 Å². The smallest absolute Gasteiger partial charge is 0.414 e. The van der Waals surface area contributed by atoms with Crippen LogP contribution < -0.4 is 20.9 Å². The number of halogens is 2. The highest BCUT2D eigenvalue weighted by molar-refractivity contribution is 5.96. The molecule has 10 heteroatoms. The van der Waals surface area contributed by atoms with Gasteiger partial charge in [0.05, 0.1) is 16.8 Å². The molecule has 8 nitrogen and oxygen atoms in total. The molecular weight excluding hydrogens is 771 g/mol. The van der Waals surface area contributed by atoms with Gasteiger partial charge in [-0.3, -0.25) is 14.5 Å². The maximum Gasteiger partial charge on any atom is 0.414 e. The molecule has 3 amide bonds. The van der Waals surface area contributed by atoms with Gasteiger partial charge in [-0.05, 0) is 165 Å². The van der Waals surface area contributed by atoms with Crippen molar-refractivity contribution >= 4 is 29.3 Å². The van der Waals surface area contributed by atoms with Crippen LogP contribution in [0.2, 0.25) is 0 Å². The number of carbonyl (C=O) groups is 3. The van der Waals surface area contributed by atoms with E-state index < -0.39 is 5.54 Å². The summed E-state index contributed by atoms with van der Waals surface area (Å²) < 4.78 is 32.0. The normalized spacial score (nSPS) is 22.4. The molecule has 2 heterocycles. The lowest BCUT2D eigenvalue weighted by molar-refractivity contribution is 0.0922. The molecule has 314 valence electrons. The van der Waals surface area contributed by atoms with Crippen molar-refractivity contribution in [2.45, 2.75) is 101 Å². The van der Waals surface area contributed by atoms with Crippen molar-refractivity contribution in [1.29, 1.82) is 0 Å². The summed E-state index contributed by atoms with van der Waals surface area (Å²) in [7, 11) is 0. The van der Waals surface area contributed by atoms with E-state index in [1.165, 1.54) is 78.2 Å². The standard InChI is InChI=1S/C29H27FN2O3.C21H21FN2O.CH4/c30-24-10-6-20(7-11-24)27(33)31-29(14-15-29)23-9-13-26-22(17-23)16-21-8-12-25(21)32(26)28(34)35-18-19-4-2-1-3-5-19;22-17-5-1-13(2-6-17)20(25)24-21(9-10-21)16-4-8-19-15(12-16)11-14-3-7-18(14)23-19;/h1-7,9-11,13,17,21,25H,8,12,14-16,18H2,(H,31,33);1-2,4-6,8,12,14,18,23H,3,7,9-11H2,(H,24,25);1H4. The molecular formula is C51H52F2N4O4. The lowest BCUT2D eigenvalue weighted by Gasteiger charge is -2.48. The summed E-state index contributed by atoms with van der Waals surface area (Å²) in [5.41, 5.74) is 8.17. The van der Waals surface area contributed by atoms with Crippen molar-refractivity contribution in [1.82, 2.24) is 10.6 Å². The van der Waals surface area contributed by atoms with Gasteiger partial charge in [0.1, 0.15) is 18.2 Å². The highest BCUT2D eigenvalue weighted by atomic mass is 19.1. The number of nitrogens with one attached hydrogen (secondary N) is 3. The molecule has 4 unspecified atom stereocenters. The second-order valence-electron chi connectivity index (χ2n) is 17.6. The highest BCUT2D eigenvalue weighted by Gasteiger charge is 2.49. The molecule has 5 aromatic rings. The van der Waals surface area contributed by atoms with Crippen molar-refractivity contribution in [3.05, 3.63) is 166 Å². The average molecular weight is 823 g/mol. The lowest BCUT2D eigenvalue weighted by Crippen LogP contribution is -2.54. The van der Waals surface area contributed by atoms with Crippen LogP contribution in [-0.4, -0.2) is 30.0 Å². The van der Waals surface area contributed by atoms with E-state index in [1.807, 2.05) is 47.4 Å². The van der Waals surface area contributed by atoms with E-state index in [-0.39, 0.29) is 55.2 Å². The molecule has 61 heavy (non-hydrogen) atoms. The maximum atomic E-state index is 13.2. The first-order valence-corrected chi connectivity index (χ1v) is 21.3. The number of nitrogens with zero attached hydrogens (tertiary/aromatic N) is 1. The second-order valence-corrected chi connectivity index (χ2v) is 17.6. The van der Waals surface area contributed by atoms with Crippen LogP contribution >= 0.6 is 0 Å². The number of ether oxygens (including phenoxy) is 1. The fourth-order valence-electron chi connectivity index (χ4n) is 9.58. The van der Waals surface area contributed by atoms with Crippen LogP contribution in [-0.2, 0) is 35.3 Å². The van der Waals surface area contributed by atoms with Crippen molar-refractivity contribution in [2.75, 3.05) is 10.2 Å². The molecule has 0 bridgehead atoms. The molecule has 5 aromatic carbocycles. The third kappa shape index (κ3) is 8.00. The SMILES string of the molecule is C.O=C(NC1(c2ccc3c(c2)CC2CCC2N3)CC1)c1ccc(F)cc1.O=C(NC1(c2ccc3c(c2)CC2CCC2N3C(=O)OCc2ccccc2)CC1)c1ccc(F)cc1. The van der Waals surface area contributed by atoms with Crippen LogP contribution in [0.25, 0.3) is 0 Å². The summed E-state index contributed by atoms with van der Waals surface area (Å²) in [5.74, 6) is 0.184. The van der Waals surface area contributed by atoms with Crippen LogP contribution in [0.5, 0.6) is 0 Å². The van der Waals surface area contributed by atoms with Crippen molar-refractivity contribution in [2.24, 2.45) is 11.8 Å². The van der Waals surface area contributed by atoms with Gasteiger partial charge in [0.2, 0.25) is 0 Å². The van der Waals surface area contributed by atoms with Crippen molar-refractivity contribution in [3.63, 3.8) is 0 Å². The topological polar surface area (TPSA) is 99.8 Å². The minimum absolute atomic E-state index is 0. The van der Waals surface area contributed by atoms with Crippen molar-refractivity contribution in [3.8, 4) is 0 Å². The first-order valence-electron chi connectivity index (χ1n) is 21.3. The van der Waals surface area contributed by atoms with Crippen LogP contribution in [0.4, 0.5) is 25.0 Å². The van der Waals surface area contributed by atoms with Gasteiger partial charge in [-0.2, -0.15) is 0 Å². The number of anilines is 2. The first kappa shape index (κ1) is 40.4. The van der Waals surface area contributed by atoms with E-state index in [0.29, 0.717) is 23.1 Å². The molecule has 4 atom stereocenters. The Labute approximate surface area is 356 Å². The molecule has 2 aliphatic heterocycles. The Morgan fingerprint density at radius 1 is 0.656 bits per heavy atom. The number of hydrogen-bond acceptors (Lipinski definition) is 5. The van der Waals surface area contributed by atoms with Gasteiger partial charge in [0.25, 0.3) is 11.8 Å². The van der Waals surface area contributed by atoms with Gasteiger partial charge in [-0.1, -0.05) is 62.0 Å². The zero-order valence-corrected chi connectivity index (χ0v) is 33.4. The van der Waals surface area contributed by atoms with E-state index in [1.54, 1.807) is 0 Å². The van der Waals surface area contributed by atoms with E-state index in [2.05, 4.69) is 40.2 Å². The fraction of sp³-hybridized carbons (Fsp3) is 0.353. The van der Waals surface area contributed by atoms with Crippen molar-refractivity contribution < 1.29 is 27.9 Å². The largest absolute Gasteiger partial charge is 0.444 e. The molecule has 0 aromatic heterocycles. The predicted molar refractivity (Wildman–Crippen MR) is 232 cm³/mol. The zero-order valence-electron chi connectivity index (χ0n) is 33.4. The number of hydrogen-bond donors (Lipinski definition) is 3. The Bertz CT molecular complexity index is 2450. The minimum atomic E-state index is -0.407. The molecule has 0 radical (unpaired) electrons. The molecule has 11 rings (SSSR count). The Balaban J connectivity index is 0.000000162. The molecule has 4 fully saturated rings. The molecule has 4 saturated carbocycles. The van der Waals surface area contributed by atoms with Gasteiger partial charge in [0.15, 0.2) is 0 Å². The number of fused-ring (bicyclic) bond motifs is 4. The number of amides is 3. The summed E-state index contributed by atoms with van der Waals surface area (Å²) in [6.07, 6.45) is 10.1. The van der Waals surface area contributed by atoms with Crippen LogP contribution in [0.15, 0.2) is 115 Å².